The van der Waals surface area contributed by atoms with Crippen LogP contribution < -0.4 is 20.1 Å². The molecule has 0 amide bonds. The molecule has 1 aliphatic rings. The van der Waals surface area contributed by atoms with Crippen LogP contribution in [-0.4, -0.2) is 43.9 Å². The van der Waals surface area contributed by atoms with Crippen molar-refractivity contribution in [3.8, 4) is 11.5 Å². The number of hydrogen-bond donors (Lipinski definition) is 3. The van der Waals surface area contributed by atoms with Gasteiger partial charge in [-0.1, -0.05) is 30.3 Å². The van der Waals surface area contributed by atoms with Crippen LogP contribution in [0.2, 0.25) is 0 Å². The molecule has 0 saturated carbocycles. The number of aliphatic hydroxyl groups is 1. The number of fused-ring (bicyclic) bond motifs is 1. The van der Waals surface area contributed by atoms with Crippen LogP contribution in [0.15, 0.2) is 53.5 Å². The van der Waals surface area contributed by atoms with Gasteiger partial charge in [-0.3, -0.25) is 4.99 Å². The smallest absolute Gasteiger partial charge is 0.191 e. The molecule has 6 nitrogen and oxygen atoms in total. The zero-order valence-electron chi connectivity index (χ0n) is 16.2. The first kappa shape index (κ1) is 22.3. The van der Waals surface area contributed by atoms with Crippen molar-refractivity contribution in [3.05, 3.63) is 59.7 Å². The highest BCUT2D eigenvalue weighted by atomic mass is 127. The van der Waals surface area contributed by atoms with Crippen molar-refractivity contribution in [1.29, 1.82) is 0 Å². The van der Waals surface area contributed by atoms with Gasteiger partial charge < -0.3 is 25.2 Å². The summed E-state index contributed by atoms with van der Waals surface area (Å²) in [5.41, 5.74) is 2.02. The molecular weight excluding hydrogens is 469 g/mol. The Hall–Kier alpha value is -2.00. The fourth-order valence-corrected chi connectivity index (χ4v) is 3.05. The molecule has 2 aromatic rings. The molecule has 0 spiro atoms. The molecule has 7 heteroatoms. The summed E-state index contributed by atoms with van der Waals surface area (Å²) in [6, 6.07) is 15.5. The quantitative estimate of drug-likeness (QED) is 0.312. The zero-order valence-corrected chi connectivity index (χ0v) is 18.6. The van der Waals surface area contributed by atoms with Crippen molar-refractivity contribution in [1.82, 2.24) is 10.6 Å². The molecule has 2 unspecified atom stereocenters. The van der Waals surface area contributed by atoms with Crippen molar-refractivity contribution in [2.75, 3.05) is 26.7 Å². The fraction of sp³-hybridized carbons (Fsp3) is 0.381. The number of hydrogen-bond acceptors (Lipinski definition) is 4. The monoisotopic (exact) mass is 497 g/mol. The fourth-order valence-electron chi connectivity index (χ4n) is 3.05. The SMILES string of the molecule is CCNC(=NCC(O)c1cccc(OC)c1)NCC1Cc2ccccc2O1.I. The number of nitrogens with one attached hydrogen (secondary N) is 2. The Kier molecular flexibility index (Phi) is 8.85. The molecule has 152 valence electrons. The highest BCUT2D eigenvalue weighted by Crippen LogP contribution is 2.27. The van der Waals surface area contributed by atoms with Crippen molar-refractivity contribution >= 4 is 29.9 Å². The Morgan fingerprint density at radius 2 is 2.07 bits per heavy atom. The zero-order chi connectivity index (χ0) is 19.1. The van der Waals surface area contributed by atoms with Gasteiger partial charge in [0.2, 0.25) is 0 Å². The van der Waals surface area contributed by atoms with Gasteiger partial charge in [-0.05, 0) is 36.2 Å². The van der Waals surface area contributed by atoms with Gasteiger partial charge in [0.15, 0.2) is 5.96 Å². The van der Waals surface area contributed by atoms with E-state index >= 15 is 0 Å². The molecule has 0 radical (unpaired) electrons. The Morgan fingerprint density at radius 3 is 2.82 bits per heavy atom. The third-order valence-electron chi connectivity index (χ3n) is 4.46. The second-order valence-electron chi connectivity index (χ2n) is 6.44. The van der Waals surface area contributed by atoms with Gasteiger partial charge >= 0.3 is 0 Å². The van der Waals surface area contributed by atoms with E-state index in [0.29, 0.717) is 12.5 Å². The molecule has 0 aliphatic carbocycles. The van der Waals surface area contributed by atoms with Crippen molar-refractivity contribution in [3.63, 3.8) is 0 Å². The first-order valence-corrected chi connectivity index (χ1v) is 9.28. The van der Waals surface area contributed by atoms with Crippen LogP contribution in [0.4, 0.5) is 0 Å². The predicted molar refractivity (Wildman–Crippen MR) is 122 cm³/mol. The first-order valence-electron chi connectivity index (χ1n) is 9.28. The van der Waals surface area contributed by atoms with E-state index < -0.39 is 6.10 Å². The van der Waals surface area contributed by atoms with Crippen LogP contribution in [0.1, 0.15) is 24.2 Å². The maximum atomic E-state index is 10.4. The van der Waals surface area contributed by atoms with Gasteiger partial charge in [0.25, 0.3) is 0 Å². The number of aliphatic hydroxyl groups excluding tert-OH is 1. The van der Waals surface area contributed by atoms with Gasteiger partial charge in [0, 0.05) is 13.0 Å². The van der Waals surface area contributed by atoms with Crippen molar-refractivity contribution < 1.29 is 14.6 Å². The van der Waals surface area contributed by atoms with E-state index in [1.807, 2.05) is 49.4 Å². The molecule has 3 N–H and O–H groups in total. The minimum absolute atomic E-state index is 0. The summed E-state index contributed by atoms with van der Waals surface area (Å²) in [6.07, 6.45) is 0.270. The average Bonchev–Trinajstić information content (AvgIpc) is 3.13. The Labute approximate surface area is 183 Å². The number of halogens is 1. The maximum Gasteiger partial charge on any atom is 0.191 e. The van der Waals surface area contributed by atoms with E-state index in [1.54, 1.807) is 7.11 Å². The summed E-state index contributed by atoms with van der Waals surface area (Å²) in [5.74, 6) is 2.34. The van der Waals surface area contributed by atoms with E-state index in [-0.39, 0.29) is 36.6 Å². The Bertz CT molecular complexity index is 760. The van der Waals surface area contributed by atoms with Crippen LogP contribution in [0.25, 0.3) is 0 Å². The van der Waals surface area contributed by atoms with Gasteiger partial charge in [0.05, 0.1) is 26.3 Å². The number of guanidine groups is 1. The lowest BCUT2D eigenvalue weighted by molar-refractivity contribution is 0.186. The minimum Gasteiger partial charge on any atom is -0.497 e. The normalized spacial score (nSPS) is 16.4. The predicted octanol–water partition coefficient (Wildman–Crippen LogP) is 2.91. The molecule has 0 saturated heterocycles. The number of rotatable bonds is 7. The standard InChI is InChI=1S/C21H27N3O3.HI/c1-3-22-21(23-13-18-12-16-7-4-5-10-20(16)27-18)24-14-19(25)15-8-6-9-17(11-15)26-2;/h4-11,18-19,25H,3,12-14H2,1-2H3,(H2,22,23,24);1H. The topological polar surface area (TPSA) is 75.1 Å². The number of aliphatic imine (C=N–C) groups is 1. The molecule has 28 heavy (non-hydrogen) atoms. The van der Waals surface area contributed by atoms with E-state index in [9.17, 15) is 5.11 Å². The molecular formula is C21H28IN3O3. The summed E-state index contributed by atoms with van der Waals surface area (Å²) in [7, 11) is 1.61. The molecule has 1 aliphatic heterocycles. The van der Waals surface area contributed by atoms with E-state index in [4.69, 9.17) is 9.47 Å². The third-order valence-corrected chi connectivity index (χ3v) is 4.46. The molecule has 0 fully saturated rings. The molecule has 0 aromatic heterocycles. The maximum absolute atomic E-state index is 10.4. The van der Waals surface area contributed by atoms with Gasteiger partial charge in [-0.25, -0.2) is 0 Å². The minimum atomic E-state index is -0.692. The molecule has 2 atom stereocenters. The molecule has 0 bridgehead atoms. The average molecular weight is 497 g/mol. The van der Waals surface area contributed by atoms with Crippen LogP contribution in [0.5, 0.6) is 11.5 Å². The number of methoxy groups -OCH3 is 1. The largest absolute Gasteiger partial charge is 0.497 e. The molecule has 1 heterocycles. The molecule has 3 rings (SSSR count). The lowest BCUT2D eigenvalue weighted by Gasteiger charge is -2.16. The van der Waals surface area contributed by atoms with Gasteiger partial charge in [0.1, 0.15) is 17.6 Å². The molecule has 2 aromatic carbocycles. The highest BCUT2D eigenvalue weighted by Gasteiger charge is 2.22. The number of benzene rings is 2. The van der Waals surface area contributed by atoms with Crippen LogP contribution in [0, 0.1) is 0 Å². The highest BCUT2D eigenvalue weighted by molar-refractivity contribution is 14.0. The lowest BCUT2D eigenvalue weighted by atomic mass is 10.1. The van der Waals surface area contributed by atoms with E-state index in [0.717, 1.165) is 30.0 Å². The second-order valence-corrected chi connectivity index (χ2v) is 6.44. The lowest BCUT2D eigenvalue weighted by Crippen LogP contribution is -2.42. The first-order chi connectivity index (χ1) is 13.2. The summed E-state index contributed by atoms with van der Waals surface area (Å²) < 4.78 is 11.2. The van der Waals surface area contributed by atoms with Crippen LogP contribution in [-0.2, 0) is 6.42 Å². The second kappa shape index (κ2) is 11.1. The Balaban J connectivity index is 0.00000280. The summed E-state index contributed by atoms with van der Waals surface area (Å²) in [4.78, 5) is 4.50. The van der Waals surface area contributed by atoms with Crippen molar-refractivity contribution in [2.45, 2.75) is 25.6 Å². The Morgan fingerprint density at radius 1 is 1.25 bits per heavy atom. The number of ether oxygens (including phenoxy) is 2. The van der Waals surface area contributed by atoms with E-state index in [1.165, 1.54) is 5.56 Å². The summed E-state index contributed by atoms with van der Waals surface area (Å²) in [6.45, 7) is 3.66. The number of nitrogens with zero attached hydrogens (tertiary/aromatic N) is 1. The number of para-hydroxylation sites is 1. The summed E-state index contributed by atoms with van der Waals surface area (Å²) in [5, 5.41) is 16.9. The summed E-state index contributed by atoms with van der Waals surface area (Å²) >= 11 is 0. The van der Waals surface area contributed by atoms with Crippen molar-refractivity contribution in [2.24, 2.45) is 4.99 Å². The van der Waals surface area contributed by atoms with Crippen LogP contribution in [0.3, 0.4) is 0 Å². The van der Waals surface area contributed by atoms with Crippen LogP contribution >= 0.6 is 24.0 Å². The van der Waals surface area contributed by atoms with Gasteiger partial charge in [-0.2, -0.15) is 0 Å². The van der Waals surface area contributed by atoms with E-state index in [2.05, 4.69) is 21.7 Å². The third kappa shape index (κ3) is 6.00. The van der Waals surface area contributed by atoms with Gasteiger partial charge in [-0.15, -0.1) is 24.0 Å².